The second-order valence-corrected chi connectivity index (χ2v) is 1.54. The predicted octanol–water partition coefficient (Wildman–Crippen LogP) is 1.14. The number of hydrogen-bond donors (Lipinski definition) is 0. The lowest BCUT2D eigenvalue weighted by molar-refractivity contribution is 0.448. The number of alkyl halides is 1. The minimum Gasteiger partial charge on any atom is -0.482 e. The van der Waals surface area contributed by atoms with Crippen LogP contribution in [0.2, 0.25) is 0 Å². The fourth-order valence-corrected chi connectivity index (χ4v) is 0.501. The minimum absolute atomic E-state index is 0.173. The molecule has 0 amide bonds. The van der Waals surface area contributed by atoms with Gasteiger partial charge in [-0.3, -0.25) is 0 Å². The number of ether oxygens (including phenoxy) is 1. The highest BCUT2D eigenvalue weighted by Crippen LogP contribution is 2.24. The molecule has 1 atom stereocenters. The van der Waals surface area contributed by atoms with Crippen LogP contribution in [0, 0.1) is 0 Å². The SMILES string of the molecule is C=C1OC1CCl. The highest BCUT2D eigenvalue weighted by molar-refractivity contribution is 6.18. The molecule has 1 unspecified atom stereocenters. The largest absolute Gasteiger partial charge is 0.482 e. The van der Waals surface area contributed by atoms with E-state index in [9.17, 15) is 0 Å². The van der Waals surface area contributed by atoms with Crippen LogP contribution in [0.15, 0.2) is 12.3 Å². The van der Waals surface area contributed by atoms with E-state index in [2.05, 4.69) is 6.58 Å². The quantitative estimate of drug-likeness (QED) is 0.359. The van der Waals surface area contributed by atoms with Crippen LogP contribution in [0.3, 0.4) is 0 Å². The summed E-state index contributed by atoms with van der Waals surface area (Å²) in [4.78, 5) is 0. The van der Waals surface area contributed by atoms with E-state index in [4.69, 9.17) is 16.3 Å². The van der Waals surface area contributed by atoms with Gasteiger partial charge in [-0.2, -0.15) is 0 Å². The lowest BCUT2D eigenvalue weighted by Crippen LogP contribution is -1.79. The summed E-state index contributed by atoms with van der Waals surface area (Å²) >= 11 is 5.31. The molecule has 0 saturated carbocycles. The van der Waals surface area contributed by atoms with Gasteiger partial charge in [-0.15, -0.1) is 11.6 Å². The zero-order valence-electron chi connectivity index (χ0n) is 3.28. The van der Waals surface area contributed by atoms with Crippen molar-refractivity contribution in [2.24, 2.45) is 0 Å². The molecular formula is C4H5ClO. The van der Waals surface area contributed by atoms with Gasteiger partial charge in [-0.05, 0) is 0 Å². The van der Waals surface area contributed by atoms with Gasteiger partial charge in [0, 0.05) is 0 Å². The maximum atomic E-state index is 5.31. The Kier molecular flexibility index (Phi) is 0.771. The first-order valence-corrected chi connectivity index (χ1v) is 2.29. The van der Waals surface area contributed by atoms with Gasteiger partial charge >= 0.3 is 0 Å². The minimum atomic E-state index is 0.173. The van der Waals surface area contributed by atoms with E-state index in [1.54, 1.807) is 0 Å². The van der Waals surface area contributed by atoms with Gasteiger partial charge in [-0.25, -0.2) is 0 Å². The Morgan fingerprint density at radius 2 is 2.50 bits per heavy atom. The van der Waals surface area contributed by atoms with Crippen LogP contribution in [0.4, 0.5) is 0 Å². The summed E-state index contributed by atoms with van der Waals surface area (Å²) in [6.07, 6.45) is 0.173. The summed E-state index contributed by atoms with van der Waals surface area (Å²) in [5.41, 5.74) is 0. The van der Waals surface area contributed by atoms with Crippen LogP contribution in [-0.4, -0.2) is 12.0 Å². The van der Waals surface area contributed by atoms with E-state index in [0.29, 0.717) is 5.88 Å². The van der Waals surface area contributed by atoms with Gasteiger partial charge in [0.05, 0.1) is 5.88 Å². The molecule has 1 rings (SSSR count). The van der Waals surface area contributed by atoms with Gasteiger partial charge in [0.2, 0.25) is 0 Å². The summed E-state index contributed by atoms with van der Waals surface area (Å²) in [6.45, 7) is 3.51. The molecule has 6 heavy (non-hydrogen) atoms. The molecule has 1 fully saturated rings. The monoisotopic (exact) mass is 104 g/mol. The third kappa shape index (κ3) is 0.500. The summed E-state index contributed by atoms with van der Waals surface area (Å²) in [5, 5.41) is 0. The highest BCUT2D eigenvalue weighted by Gasteiger charge is 2.28. The summed E-state index contributed by atoms with van der Waals surface area (Å²) in [6, 6.07) is 0. The predicted molar refractivity (Wildman–Crippen MR) is 24.7 cm³/mol. The van der Waals surface area contributed by atoms with Crippen molar-refractivity contribution in [1.82, 2.24) is 0 Å². The molecule has 0 aromatic carbocycles. The summed E-state index contributed by atoms with van der Waals surface area (Å²) in [5.74, 6) is 1.38. The van der Waals surface area contributed by atoms with Gasteiger partial charge in [0.25, 0.3) is 0 Å². The van der Waals surface area contributed by atoms with Crippen molar-refractivity contribution in [3.8, 4) is 0 Å². The number of halogens is 1. The molecule has 0 bridgehead atoms. The van der Waals surface area contributed by atoms with E-state index in [1.807, 2.05) is 0 Å². The fourth-order valence-electron chi connectivity index (χ4n) is 0.266. The molecule has 0 spiro atoms. The summed E-state index contributed by atoms with van der Waals surface area (Å²) < 4.78 is 4.74. The number of epoxide rings is 1. The van der Waals surface area contributed by atoms with Crippen molar-refractivity contribution in [1.29, 1.82) is 0 Å². The molecular weight excluding hydrogens is 99.5 g/mol. The standard InChI is InChI=1S/C4H5ClO/c1-3-4(2-5)6-3/h4H,1-2H2. The van der Waals surface area contributed by atoms with Crippen LogP contribution in [-0.2, 0) is 4.74 Å². The second kappa shape index (κ2) is 1.16. The molecule has 2 heteroatoms. The van der Waals surface area contributed by atoms with E-state index >= 15 is 0 Å². The van der Waals surface area contributed by atoms with Crippen molar-refractivity contribution in [2.75, 3.05) is 5.88 Å². The fraction of sp³-hybridized carbons (Fsp3) is 0.500. The van der Waals surface area contributed by atoms with Crippen molar-refractivity contribution in [3.63, 3.8) is 0 Å². The van der Waals surface area contributed by atoms with Crippen molar-refractivity contribution >= 4 is 11.6 Å². The normalized spacial score (nSPS) is 29.5. The molecule has 1 nitrogen and oxygen atoms in total. The first-order valence-electron chi connectivity index (χ1n) is 1.76. The third-order valence-corrected chi connectivity index (χ3v) is 1.02. The highest BCUT2D eigenvalue weighted by atomic mass is 35.5. The maximum Gasteiger partial charge on any atom is 0.168 e. The van der Waals surface area contributed by atoms with Gasteiger partial charge in [0.1, 0.15) is 5.76 Å². The molecule has 0 N–H and O–H groups in total. The lowest BCUT2D eigenvalue weighted by Gasteiger charge is -1.65. The molecule has 0 aliphatic carbocycles. The van der Waals surface area contributed by atoms with Gasteiger partial charge in [-0.1, -0.05) is 6.58 Å². The van der Waals surface area contributed by atoms with Crippen molar-refractivity contribution < 1.29 is 4.74 Å². The number of rotatable bonds is 1. The first kappa shape index (κ1) is 4.00. The number of hydrogen-bond acceptors (Lipinski definition) is 1. The van der Waals surface area contributed by atoms with E-state index in [-0.39, 0.29) is 6.10 Å². The van der Waals surface area contributed by atoms with Gasteiger partial charge in [0.15, 0.2) is 6.10 Å². The topological polar surface area (TPSA) is 12.5 Å². The molecule has 1 aliphatic rings. The molecule has 1 heterocycles. The van der Waals surface area contributed by atoms with Crippen molar-refractivity contribution in [3.05, 3.63) is 12.3 Å². The van der Waals surface area contributed by atoms with Crippen LogP contribution >= 0.6 is 11.6 Å². The van der Waals surface area contributed by atoms with E-state index < -0.39 is 0 Å². The Labute approximate surface area is 41.6 Å². The maximum absolute atomic E-state index is 5.31. The Morgan fingerprint density at radius 3 is 2.50 bits per heavy atom. The third-order valence-electron chi connectivity index (χ3n) is 0.736. The average molecular weight is 105 g/mol. The molecule has 0 aromatic heterocycles. The zero-order chi connectivity index (χ0) is 4.57. The van der Waals surface area contributed by atoms with Crippen LogP contribution in [0.5, 0.6) is 0 Å². The Morgan fingerprint density at radius 1 is 2.00 bits per heavy atom. The van der Waals surface area contributed by atoms with Crippen LogP contribution in [0.25, 0.3) is 0 Å². The smallest absolute Gasteiger partial charge is 0.168 e. The second-order valence-electron chi connectivity index (χ2n) is 1.23. The van der Waals surface area contributed by atoms with Gasteiger partial charge < -0.3 is 4.74 Å². The van der Waals surface area contributed by atoms with Crippen LogP contribution < -0.4 is 0 Å². The zero-order valence-corrected chi connectivity index (χ0v) is 4.03. The lowest BCUT2D eigenvalue weighted by atomic mass is 10.5. The molecule has 1 saturated heterocycles. The van der Waals surface area contributed by atoms with Crippen molar-refractivity contribution in [2.45, 2.75) is 6.10 Å². The first-order chi connectivity index (χ1) is 2.84. The Bertz CT molecular complexity index is 79.6. The van der Waals surface area contributed by atoms with E-state index in [0.717, 1.165) is 5.76 Å². The molecule has 1 aliphatic heterocycles. The average Bonchev–Trinajstić information content (AvgIpc) is 2.19. The molecule has 0 aromatic rings. The Balaban J connectivity index is 2.26. The van der Waals surface area contributed by atoms with E-state index in [1.165, 1.54) is 0 Å². The molecule has 0 radical (unpaired) electrons. The molecule has 34 valence electrons. The summed E-state index contributed by atoms with van der Waals surface area (Å²) in [7, 11) is 0. The Hall–Kier alpha value is -0.170. The van der Waals surface area contributed by atoms with Crippen LogP contribution in [0.1, 0.15) is 0 Å².